The zero-order chi connectivity index (χ0) is 16.1. The highest BCUT2D eigenvalue weighted by atomic mass is 16.2. The van der Waals surface area contributed by atoms with Crippen LogP contribution in [-0.4, -0.2) is 10.8 Å². The van der Waals surface area contributed by atoms with Crippen LogP contribution in [0.1, 0.15) is 53.1 Å². The van der Waals surface area contributed by atoms with Gasteiger partial charge in [0.1, 0.15) is 0 Å². The second kappa shape index (κ2) is 5.20. The molecule has 5 rings (SSSR count). The third-order valence-corrected chi connectivity index (χ3v) is 5.49. The lowest BCUT2D eigenvalue weighted by molar-refractivity contribution is 0.0872. The molecule has 2 heteroatoms. The van der Waals surface area contributed by atoms with Crippen molar-refractivity contribution in [1.82, 2.24) is 4.90 Å². The number of carbonyl (C=O) groups excluding carboxylic acids is 1. The molecule has 0 aromatic heterocycles. The van der Waals surface area contributed by atoms with Gasteiger partial charge in [0.05, 0.1) is 5.70 Å². The van der Waals surface area contributed by atoms with Crippen molar-refractivity contribution in [2.24, 2.45) is 0 Å². The van der Waals surface area contributed by atoms with Crippen molar-refractivity contribution in [1.29, 1.82) is 0 Å². The van der Waals surface area contributed by atoms with E-state index in [1.165, 1.54) is 29.7 Å². The van der Waals surface area contributed by atoms with Crippen LogP contribution >= 0.6 is 0 Å². The quantitative estimate of drug-likeness (QED) is 0.716. The first-order valence-electron chi connectivity index (χ1n) is 8.77. The van der Waals surface area contributed by atoms with Gasteiger partial charge >= 0.3 is 0 Å². The van der Waals surface area contributed by atoms with Crippen LogP contribution in [0.15, 0.2) is 71.9 Å². The lowest BCUT2D eigenvalue weighted by Crippen LogP contribution is -2.29. The largest absolute Gasteiger partial charge is 0.280 e. The molecule has 0 N–H and O–H groups in total. The minimum atomic E-state index is 0.151. The number of allylic oxidation sites excluding steroid dienone is 3. The number of hydrogen-bond acceptors (Lipinski definition) is 1. The Morgan fingerprint density at radius 3 is 2.38 bits per heavy atom. The minimum absolute atomic E-state index is 0.151. The van der Waals surface area contributed by atoms with Crippen LogP contribution in [-0.2, 0) is 0 Å². The molecule has 1 atom stereocenters. The summed E-state index contributed by atoms with van der Waals surface area (Å²) >= 11 is 0. The molecule has 24 heavy (non-hydrogen) atoms. The summed E-state index contributed by atoms with van der Waals surface area (Å²) in [5.74, 6) is 0.449. The fourth-order valence-electron chi connectivity index (χ4n) is 4.39. The van der Waals surface area contributed by atoms with Crippen molar-refractivity contribution in [3.8, 4) is 0 Å². The van der Waals surface area contributed by atoms with E-state index in [1.807, 2.05) is 23.1 Å². The van der Waals surface area contributed by atoms with Gasteiger partial charge < -0.3 is 0 Å². The van der Waals surface area contributed by atoms with E-state index < -0.39 is 0 Å². The van der Waals surface area contributed by atoms with Crippen molar-refractivity contribution in [2.45, 2.75) is 31.6 Å². The molecule has 2 aliphatic heterocycles. The first-order valence-corrected chi connectivity index (χ1v) is 8.77. The zero-order valence-electron chi connectivity index (χ0n) is 13.5. The molecule has 3 aliphatic rings. The van der Waals surface area contributed by atoms with Gasteiger partial charge in [-0.05, 0) is 49.0 Å². The summed E-state index contributed by atoms with van der Waals surface area (Å²) in [5, 5.41) is 0. The van der Waals surface area contributed by atoms with Crippen molar-refractivity contribution < 1.29 is 4.79 Å². The van der Waals surface area contributed by atoms with Gasteiger partial charge in [-0.15, -0.1) is 0 Å². The third-order valence-electron chi connectivity index (χ3n) is 5.49. The number of rotatable bonds is 1. The standard InChI is InChI=1S/C22H19NO/c24-22-18-12-5-4-10-16(18)21-14-19(15-8-2-1-3-9-15)17-11-6-7-13-20(17)23(21)22/h1-5,8-10,12,14,19H,6-7,11,13H2/t19-/m1/s1. The molecule has 2 aromatic carbocycles. The Morgan fingerprint density at radius 1 is 0.833 bits per heavy atom. The number of hydrogen-bond donors (Lipinski definition) is 0. The zero-order valence-corrected chi connectivity index (χ0v) is 13.5. The van der Waals surface area contributed by atoms with Crippen LogP contribution in [0, 0.1) is 0 Å². The molecule has 0 unspecified atom stereocenters. The average molecular weight is 313 g/mol. The van der Waals surface area contributed by atoms with E-state index in [9.17, 15) is 4.79 Å². The highest BCUT2D eigenvalue weighted by Crippen LogP contribution is 2.49. The van der Waals surface area contributed by atoms with Crippen molar-refractivity contribution in [2.75, 3.05) is 0 Å². The Morgan fingerprint density at radius 2 is 1.54 bits per heavy atom. The Hall–Kier alpha value is -2.61. The van der Waals surface area contributed by atoms with Gasteiger partial charge in [-0.3, -0.25) is 9.69 Å². The van der Waals surface area contributed by atoms with Gasteiger partial charge in [0, 0.05) is 22.7 Å². The van der Waals surface area contributed by atoms with Gasteiger partial charge in [0.15, 0.2) is 0 Å². The number of carbonyl (C=O) groups is 1. The summed E-state index contributed by atoms with van der Waals surface area (Å²) < 4.78 is 0. The Labute approximate surface area is 142 Å². The average Bonchev–Trinajstić information content (AvgIpc) is 2.95. The van der Waals surface area contributed by atoms with Crippen LogP contribution in [0.25, 0.3) is 5.70 Å². The van der Waals surface area contributed by atoms with Gasteiger partial charge in [0.25, 0.3) is 5.91 Å². The van der Waals surface area contributed by atoms with Crippen molar-refractivity contribution in [3.63, 3.8) is 0 Å². The fraction of sp³-hybridized carbons (Fsp3) is 0.227. The fourth-order valence-corrected chi connectivity index (χ4v) is 4.39. The van der Waals surface area contributed by atoms with E-state index in [1.54, 1.807) is 0 Å². The van der Waals surface area contributed by atoms with Crippen molar-refractivity contribution in [3.05, 3.63) is 88.6 Å². The SMILES string of the molecule is O=C1c2ccccc2C2=C[C@H](c3ccccc3)C3=C(CCCC3)N12. The third kappa shape index (κ3) is 1.86. The maximum absolute atomic E-state index is 13.0. The topological polar surface area (TPSA) is 20.3 Å². The Bertz CT molecular complexity index is 891. The number of benzene rings is 2. The van der Waals surface area contributed by atoms with E-state index in [4.69, 9.17) is 0 Å². The maximum Gasteiger partial charge on any atom is 0.263 e. The molecule has 0 radical (unpaired) electrons. The highest BCUT2D eigenvalue weighted by Gasteiger charge is 2.40. The predicted octanol–water partition coefficient (Wildman–Crippen LogP) is 5.11. The number of fused-ring (bicyclic) bond motifs is 4. The summed E-state index contributed by atoms with van der Waals surface area (Å²) in [5.41, 5.74) is 7.04. The van der Waals surface area contributed by atoms with Crippen LogP contribution < -0.4 is 0 Å². The summed E-state index contributed by atoms with van der Waals surface area (Å²) in [7, 11) is 0. The van der Waals surface area contributed by atoms with Gasteiger partial charge in [-0.2, -0.15) is 0 Å². The maximum atomic E-state index is 13.0. The molecule has 0 saturated heterocycles. The predicted molar refractivity (Wildman–Crippen MR) is 95.3 cm³/mol. The second-order valence-electron chi connectivity index (χ2n) is 6.81. The lowest BCUT2D eigenvalue weighted by Gasteiger charge is -2.36. The smallest absolute Gasteiger partial charge is 0.263 e. The summed E-state index contributed by atoms with van der Waals surface area (Å²) in [6.45, 7) is 0. The molecule has 118 valence electrons. The first kappa shape index (κ1) is 13.8. The molecule has 2 heterocycles. The van der Waals surface area contributed by atoms with Crippen LogP contribution in [0.2, 0.25) is 0 Å². The van der Waals surface area contributed by atoms with E-state index in [2.05, 4.69) is 42.5 Å². The molecule has 2 aromatic rings. The van der Waals surface area contributed by atoms with Crippen molar-refractivity contribution >= 4 is 11.6 Å². The number of nitrogens with zero attached hydrogens (tertiary/aromatic N) is 1. The van der Waals surface area contributed by atoms with Gasteiger partial charge in [-0.1, -0.05) is 48.5 Å². The van der Waals surface area contributed by atoms with E-state index in [-0.39, 0.29) is 5.91 Å². The highest BCUT2D eigenvalue weighted by molar-refractivity contribution is 6.11. The summed E-state index contributed by atoms with van der Waals surface area (Å²) in [6, 6.07) is 18.7. The normalized spacial score (nSPS) is 22.0. The summed E-state index contributed by atoms with van der Waals surface area (Å²) in [4.78, 5) is 15.0. The minimum Gasteiger partial charge on any atom is -0.280 e. The first-order chi connectivity index (χ1) is 11.8. The van der Waals surface area contributed by atoms with Gasteiger partial charge in [0.2, 0.25) is 0 Å². The van der Waals surface area contributed by atoms with Crippen LogP contribution in [0.3, 0.4) is 0 Å². The monoisotopic (exact) mass is 313 g/mol. The molecule has 0 bridgehead atoms. The second-order valence-corrected chi connectivity index (χ2v) is 6.81. The Kier molecular flexibility index (Phi) is 2.99. The molecule has 0 fully saturated rings. The molecule has 1 aliphatic carbocycles. The molecular formula is C22H19NO. The van der Waals surface area contributed by atoms with Crippen LogP contribution in [0.4, 0.5) is 0 Å². The number of amides is 1. The molecule has 0 saturated carbocycles. The molecule has 2 nitrogen and oxygen atoms in total. The summed E-state index contributed by atoms with van der Waals surface area (Å²) in [6.07, 6.45) is 6.81. The Balaban J connectivity index is 1.73. The lowest BCUT2D eigenvalue weighted by atomic mass is 9.79. The van der Waals surface area contributed by atoms with Gasteiger partial charge in [-0.25, -0.2) is 0 Å². The van der Waals surface area contributed by atoms with E-state index in [0.717, 1.165) is 29.7 Å². The molecular weight excluding hydrogens is 294 g/mol. The molecule has 1 amide bonds. The van der Waals surface area contributed by atoms with Crippen LogP contribution in [0.5, 0.6) is 0 Å². The van der Waals surface area contributed by atoms with E-state index in [0.29, 0.717) is 5.92 Å². The van der Waals surface area contributed by atoms with E-state index >= 15 is 0 Å². The molecule has 0 spiro atoms.